The van der Waals surface area contributed by atoms with E-state index in [1.54, 1.807) is 19.1 Å². The molecule has 2 atom stereocenters. The Hall–Kier alpha value is -1.26. The molecule has 21 heavy (non-hydrogen) atoms. The number of carbonyl (C=O) groups excluding carboxylic acids is 1. The maximum absolute atomic E-state index is 12.1. The predicted molar refractivity (Wildman–Crippen MR) is 86.7 cm³/mol. The van der Waals surface area contributed by atoms with Gasteiger partial charge in [0.1, 0.15) is 5.75 Å². The molecule has 4 nitrogen and oxygen atoms in total. The Kier molecular flexibility index (Phi) is 6.99. The van der Waals surface area contributed by atoms with Crippen LogP contribution in [-0.2, 0) is 4.79 Å². The lowest BCUT2D eigenvalue weighted by molar-refractivity contribution is -0.128. The number of benzene rings is 1. The topological polar surface area (TPSA) is 64.3 Å². The zero-order chi connectivity index (χ0) is 16.0. The molecule has 0 aliphatic rings. The molecule has 0 radical (unpaired) electrons. The van der Waals surface area contributed by atoms with Crippen molar-refractivity contribution in [2.75, 3.05) is 0 Å². The summed E-state index contributed by atoms with van der Waals surface area (Å²) in [7, 11) is 0. The Labute approximate surface area is 132 Å². The van der Waals surface area contributed by atoms with Gasteiger partial charge in [0.15, 0.2) is 6.10 Å². The van der Waals surface area contributed by atoms with Crippen molar-refractivity contribution in [2.45, 2.75) is 58.7 Å². The summed E-state index contributed by atoms with van der Waals surface area (Å²) in [4.78, 5) is 12.1. The third kappa shape index (κ3) is 5.21. The van der Waals surface area contributed by atoms with E-state index in [-0.39, 0.29) is 18.0 Å². The summed E-state index contributed by atoms with van der Waals surface area (Å²) in [6.07, 6.45) is 1.21. The van der Waals surface area contributed by atoms with Crippen LogP contribution in [0.25, 0.3) is 0 Å². The molecule has 0 heterocycles. The van der Waals surface area contributed by atoms with Gasteiger partial charge in [-0.2, -0.15) is 0 Å². The van der Waals surface area contributed by atoms with Crippen LogP contribution in [0.4, 0.5) is 0 Å². The highest BCUT2D eigenvalue weighted by atomic mass is 35.5. The number of nitrogens with one attached hydrogen (secondary N) is 1. The highest BCUT2D eigenvalue weighted by molar-refractivity contribution is 6.32. The van der Waals surface area contributed by atoms with Gasteiger partial charge in [0.25, 0.3) is 5.91 Å². The average molecular weight is 313 g/mol. The summed E-state index contributed by atoms with van der Waals surface area (Å²) in [5.74, 6) is 0.365. The molecule has 1 aromatic carbocycles. The van der Waals surface area contributed by atoms with Crippen molar-refractivity contribution >= 4 is 17.5 Å². The molecule has 0 fully saturated rings. The Morgan fingerprint density at radius 3 is 2.43 bits per heavy atom. The van der Waals surface area contributed by atoms with Crippen LogP contribution < -0.4 is 15.8 Å². The number of carbonyl (C=O) groups is 1. The van der Waals surface area contributed by atoms with Crippen LogP contribution in [0.3, 0.4) is 0 Å². The summed E-state index contributed by atoms with van der Waals surface area (Å²) in [5, 5.41) is 3.42. The van der Waals surface area contributed by atoms with E-state index in [1.807, 2.05) is 26.8 Å². The molecule has 1 aromatic rings. The fourth-order valence-corrected chi connectivity index (χ4v) is 2.18. The molecule has 0 aliphatic heterocycles. The highest BCUT2D eigenvalue weighted by Crippen LogP contribution is 2.28. The monoisotopic (exact) mass is 312 g/mol. The van der Waals surface area contributed by atoms with Gasteiger partial charge in [-0.25, -0.2) is 0 Å². The van der Waals surface area contributed by atoms with Crippen LogP contribution in [0.5, 0.6) is 5.75 Å². The molecule has 1 amide bonds. The molecule has 0 aliphatic carbocycles. The Morgan fingerprint density at radius 2 is 1.95 bits per heavy atom. The Bertz CT molecular complexity index is 473. The van der Waals surface area contributed by atoms with Crippen LogP contribution in [0.1, 0.15) is 52.1 Å². The Balaban J connectivity index is 2.70. The van der Waals surface area contributed by atoms with E-state index in [1.165, 1.54) is 0 Å². The number of hydrogen-bond donors (Lipinski definition) is 2. The maximum atomic E-state index is 12.1. The SMILES string of the molecule is CCC(CC)NC(=O)C(C)Oc1ccc(C(C)N)cc1Cl. The second-order valence-electron chi connectivity index (χ2n) is 5.26. The van der Waals surface area contributed by atoms with Crippen LogP contribution in [-0.4, -0.2) is 18.1 Å². The van der Waals surface area contributed by atoms with Crippen LogP contribution in [0.15, 0.2) is 18.2 Å². The van der Waals surface area contributed by atoms with Gasteiger partial charge < -0.3 is 15.8 Å². The van der Waals surface area contributed by atoms with Crippen molar-refractivity contribution < 1.29 is 9.53 Å². The third-order valence-electron chi connectivity index (χ3n) is 3.49. The van der Waals surface area contributed by atoms with Crippen molar-refractivity contribution in [3.05, 3.63) is 28.8 Å². The number of amides is 1. The van der Waals surface area contributed by atoms with Gasteiger partial charge in [0.05, 0.1) is 5.02 Å². The summed E-state index contributed by atoms with van der Waals surface area (Å²) in [6, 6.07) is 5.47. The molecule has 5 heteroatoms. The number of rotatable bonds is 7. The van der Waals surface area contributed by atoms with Gasteiger partial charge in [-0.15, -0.1) is 0 Å². The van der Waals surface area contributed by atoms with E-state index < -0.39 is 6.10 Å². The van der Waals surface area contributed by atoms with Crippen molar-refractivity contribution in [2.24, 2.45) is 5.73 Å². The van der Waals surface area contributed by atoms with Crippen molar-refractivity contribution in [3.8, 4) is 5.75 Å². The molecule has 0 saturated carbocycles. The fourth-order valence-electron chi connectivity index (χ4n) is 1.95. The van der Waals surface area contributed by atoms with Crippen molar-refractivity contribution in [3.63, 3.8) is 0 Å². The highest BCUT2D eigenvalue weighted by Gasteiger charge is 2.18. The zero-order valence-corrected chi connectivity index (χ0v) is 13.9. The maximum Gasteiger partial charge on any atom is 0.260 e. The van der Waals surface area contributed by atoms with Crippen LogP contribution >= 0.6 is 11.6 Å². The molecule has 3 N–H and O–H groups in total. The molecule has 0 spiro atoms. The quantitative estimate of drug-likeness (QED) is 0.810. The van der Waals surface area contributed by atoms with E-state index in [9.17, 15) is 4.79 Å². The standard InChI is InChI=1S/C16H25ClN2O2/c1-5-13(6-2)19-16(20)11(4)21-15-8-7-12(10(3)18)9-14(15)17/h7-11,13H,5-6,18H2,1-4H3,(H,19,20). The first-order valence-corrected chi connectivity index (χ1v) is 7.78. The van der Waals surface area contributed by atoms with E-state index in [2.05, 4.69) is 5.32 Å². The van der Waals surface area contributed by atoms with E-state index in [0.717, 1.165) is 18.4 Å². The van der Waals surface area contributed by atoms with E-state index in [4.69, 9.17) is 22.1 Å². The van der Waals surface area contributed by atoms with Gasteiger partial charge in [-0.05, 0) is 44.4 Å². The van der Waals surface area contributed by atoms with Crippen molar-refractivity contribution in [1.82, 2.24) is 5.32 Å². The molecule has 2 unspecified atom stereocenters. The minimum Gasteiger partial charge on any atom is -0.479 e. The number of ether oxygens (including phenoxy) is 1. The lowest BCUT2D eigenvalue weighted by atomic mass is 10.1. The van der Waals surface area contributed by atoms with E-state index in [0.29, 0.717) is 10.8 Å². The minimum atomic E-state index is -0.593. The average Bonchev–Trinajstić information content (AvgIpc) is 2.46. The molecule has 0 aromatic heterocycles. The summed E-state index contributed by atoms with van der Waals surface area (Å²) in [5.41, 5.74) is 6.74. The fraction of sp³-hybridized carbons (Fsp3) is 0.562. The molecule has 0 bridgehead atoms. The Morgan fingerprint density at radius 1 is 1.33 bits per heavy atom. The first-order valence-electron chi connectivity index (χ1n) is 7.41. The molecule has 1 rings (SSSR count). The summed E-state index contributed by atoms with van der Waals surface area (Å²) >= 11 is 6.17. The predicted octanol–water partition coefficient (Wildman–Crippen LogP) is 3.43. The third-order valence-corrected chi connectivity index (χ3v) is 3.78. The first-order chi connectivity index (χ1) is 9.88. The largest absolute Gasteiger partial charge is 0.479 e. The lowest BCUT2D eigenvalue weighted by Gasteiger charge is -2.20. The molecule has 118 valence electrons. The summed E-state index contributed by atoms with van der Waals surface area (Å²) in [6.45, 7) is 7.69. The van der Waals surface area contributed by atoms with Gasteiger partial charge in [-0.1, -0.05) is 31.5 Å². The second kappa shape index (κ2) is 8.25. The number of hydrogen-bond acceptors (Lipinski definition) is 3. The molecule has 0 saturated heterocycles. The minimum absolute atomic E-state index is 0.0906. The van der Waals surface area contributed by atoms with Crippen molar-refractivity contribution in [1.29, 1.82) is 0 Å². The van der Waals surface area contributed by atoms with Gasteiger partial charge in [0.2, 0.25) is 0 Å². The normalized spacial score (nSPS) is 13.9. The van der Waals surface area contributed by atoms with Gasteiger partial charge >= 0.3 is 0 Å². The smallest absolute Gasteiger partial charge is 0.260 e. The molecular weight excluding hydrogens is 288 g/mol. The number of halogens is 1. The number of nitrogens with two attached hydrogens (primary N) is 1. The van der Waals surface area contributed by atoms with Crippen LogP contribution in [0.2, 0.25) is 5.02 Å². The van der Waals surface area contributed by atoms with Gasteiger partial charge in [-0.3, -0.25) is 4.79 Å². The lowest BCUT2D eigenvalue weighted by Crippen LogP contribution is -2.42. The zero-order valence-electron chi connectivity index (χ0n) is 13.2. The second-order valence-corrected chi connectivity index (χ2v) is 5.67. The first kappa shape index (κ1) is 17.8. The van der Waals surface area contributed by atoms with Gasteiger partial charge in [0, 0.05) is 12.1 Å². The summed E-state index contributed by atoms with van der Waals surface area (Å²) < 4.78 is 5.65. The molecular formula is C16H25ClN2O2. The van der Waals surface area contributed by atoms with E-state index >= 15 is 0 Å². The van der Waals surface area contributed by atoms with Crippen LogP contribution in [0, 0.1) is 0 Å².